The molecule has 0 saturated heterocycles. The highest BCUT2D eigenvalue weighted by Crippen LogP contribution is 2.36. The van der Waals surface area contributed by atoms with Crippen molar-refractivity contribution in [3.63, 3.8) is 0 Å². The Morgan fingerprint density at radius 3 is 1.91 bits per heavy atom. The predicted molar refractivity (Wildman–Crippen MR) is 98.1 cm³/mol. The molecule has 0 aromatic heterocycles. The monoisotopic (exact) mass is 331 g/mol. The highest BCUT2D eigenvalue weighted by molar-refractivity contribution is 5.85. The largest absolute Gasteiger partial charge is 0.369 e. The molecule has 0 atom stereocenters. The van der Waals surface area contributed by atoms with E-state index in [2.05, 4.69) is 66.0 Å². The van der Waals surface area contributed by atoms with Gasteiger partial charge in [0.05, 0.1) is 0 Å². The van der Waals surface area contributed by atoms with Crippen molar-refractivity contribution < 1.29 is 4.74 Å². The molecule has 1 N–H and O–H groups in total. The minimum Gasteiger partial charge on any atom is -0.369 e. The molecule has 2 aromatic carbocycles. The fourth-order valence-corrected chi connectivity index (χ4v) is 3.10. The van der Waals surface area contributed by atoms with Crippen LogP contribution in [0.15, 0.2) is 60.7 Å². The number of rotatable bonds is 8. The van der Waals surface area contributed by atoms with Gasteiger partial charge >= 0.3 is 0 Å². The predicted octanol–water partition coefficient (Wildman–Crippen LogP) is 4.39. The van der Waals surface area contributed by atoms with Crippen LogP contribution in [0.2, 0.25) is 0 Å². The highest BCUT2D eigenvalue weighted by atomic mass is 35.5. The zero-order valence-electron chi connectivity index (χ0n) is 13.7. The Hall–Kier alpha value is -1.35. The lowest BCUT2D eigenvalue weighted by Crippen LogP contribution is -2.34. The van der Waals surface area contributed by atoms with Crippen LogP contribution in [0, 0.1) is 5.92 Å². The number of hydrogen-bond donors (Lipinski definition) is 1. The summed E-state index contributed by atoms with van der Waals surface area (Å²) in [6.07, 6.45) is 3.71. The normalized spacial score (nSPS) is 14.3. The molecule has 1 fully saturated rings. The molecule has 23 heavy (non-hydrogen) atoms. The van der Waals surface area contributed by atoms with Crippen LogP contribution < -0.4 is 5.32 Å². The molecule has 0 unspecified atom stereocenters. The summed E-state index contributed by atoms with van der Waals surface area (Å²) in [4.78, 5) is 0. The van der Waals surface area contributed by atoms with E-state index in [0.717, 1.165) is 25.4 Å². The van der Waals surface area contributed by atoms with E-state index < -0.39 is 0 Å². The Morgan fingerprint density at radius 1 is 0.957 bits per heavy atom. The first-order chi connectivity index (χ1) is 10.8. The maximum Gasteiger partial charge on any atom is 0.119 e. The number of ether oxygens (including phenoxy) is 1. The quantitative estimate of drug-likeness (QED) is 0.724. The first kappa shape index (κ1) is 18.0. The second-order valence-electron chi connectivity index (χ2n) is 6.16. The lowest BCUT2D eigenvalue weighted by atomic mass is 9.83. The van der Waals surface area contributed by atoms with Crippen LogP contribution in [0.5, 0.6) is 0 Å². The fraction of sp³-hybridized carbons (Fsp3) is 0.400. The zero-order valence-corrected chi connectivity index (χ0v) is 14.5. The summed E-state index contributed by atoms with van der Waals surface area (Å²) in [7, 11) is 1.82. The van der Waals surface area contributed by atoms with E-state index in [-0.39, 0.29) is 18.0 Å². The molecule has 0 bridgehead atoms. The van der Waals surface area contributed by atoms with Gasteiger partial charge in [0.15, 0.2) is 0 Å². The number of hydrogen-bond acceptors (Lipinski definition) is 2. The van der Waals surface area contributed by atoms with Gasteiger partial charge in [-0.05, 0) is 49.4 Å². The first-order valence-electron chi connectivity index (χ1n) is 8.22. The molecule has 1 aliphatic carbocycles. The third-order valence-corrected chi connectivity index (χ3v) is 4.61. The van der Waals surface area contributed by atoms with Crippen molar-refractivity contribution in [3.05, 3.63) is 71.8 Å². The van der Waals surface area contributed by atoms with Gasteiger partial charge in [0, 0.05) is 7.11 Å². The molecule has 2 aromatic rings. The van der Waals surface area contributed by atoms with Gasteiger partial charge < -0.3 is 10.1 Å². The smallest absolute Gasteiger partial charge is 0.119 e. The average molecular weight is 332 g/mol. The van der Waals surface area contributed by atoms with E-state index in [9.17, 15) is 0 Å². The fourth-order valence-electron chi connectivity index (χ4n) is 3.10. The SMILES string of the molecule is COC(CCNCC1CC1)(c1ccccc1)c1ccccc1.Cl. The summed E-state index contributed by atoms with van der Waals surface area (Å²) in [6, 6.07) is 21.1. The molecule has 0 radical (unpaired) electrons. The molecule has 2 nitrogen and oxygen atoms in total. The first-order valence-corrected chi connectivity index (χ1v) is 8.22. The maximum atomic E-state index is 6.09. The molecule has 0 spiro atoms. The van der Waals surface area contributed by atoms with E-state index in [1.807, 2.05) is 7.11 Å². The Bertz CT molecular complexity index is 529. The van der Waals surface area contributed by atoms with E-state index >= 15 is 0 Å². The van der Waals surface area contributed by atoms with Crippen molar-refractivity contribution in [3.8, 4) is 0 Å². The van der Waals surface area contributed by atoms with Gasteiger partial charge in [-0.3, -0.25) is 0 Å². The van der Waals surface area contributed by atoms with Crippen LogP contribution >= 0.6 is 12.4 Å². The Morgan fingerprint density at radius 2 is 1.48 bits per heavy atom. The van der Waals surface area contributed by atoms with Gasteiger partial charge in [-0.15, -0.1) is 12.4 Å². The third-order valence-electron chi connectivity index (χ3n) is 4.61. The second-order valence-corrected chi connectivity index (χ2v) is 6.16. The van der Waals surface area contributed by atoms with Gasteiger partial charge in [-0.25, -0.2) is 0 Å². The highest BCUT2D eigenvalue weighted by Gasteiger charge is 2.33. The lowest BCUT2D eigenvalue weighted by Gasteiger charge is -2.34. The van der Waals surface area contributed by atoms with E-state index in [4.69, 9.17) is 4.74 Å². The molecule has 0 aliphatic heterocycles. The maximum absolute atomic E-state index is 6.09. The standard InChI is InChI=1S/C20H25NO.ClH/c1-22-20(18-8-4-2-5-9-18,19-10-6-3-7-11-19)14-15-21-16-17-12-13-17;/h2-11,17,21H,12-16H2,1H3;1H. The zero-order chi connectivity index (χ0) is 15.3. The van der Waals surface area contributed by atoms with E-state index in [1.165, 1.54) is 24.0 Å². The third kappa shape index (κ3) is 4.35. The molecule has 3 heteroatoms. The minimum atomic E-state index is -0.376. The van der Waals surface area contributed by atoms with Gasteiger partial charge in [-0.2, -0.15) is 0 Å². The van der Waals surface area contributed by atoms with Crippen LogP contribution in [-0.4, -0.2) is 20.2 Å². The Kier molecular flexibility index (Phi) is 6.64. The van der Waals surface area contributed by atoms with Crippen LogP contribution in [0.25, 0.3) is 0 Å². The van der Waals surface area contributed by atoms with Crippen molar-refractivity contribution in [2.75, 3.05) is 20.2 Å². The Balaban J connectivity index is 0.00000192. The Labute approximate surface area is 145 Å². The molecule has 0 heterocycles. The summed E-state index contributed by atoms with van der Waals surface area (Å²) in [5.41, 5.74) is 2.06. The molecule has 1 aliphatic rings. The average Bonchev–Trinajstić information content (AvgIpc) is 3.41. The van der Waals surface area contributed by atoms with Crippen LogP contribution in [-0.2, 0) is 10.3 Å². The number of halogens is 1. The summed E-state index contributed by atoms with van der Waals surface area (Å²) in [5, 5.41) is 3.60. The summed E-state index contributed by atoms with van der Waals surface area (Å²) in [6.45, 7) is 2.11. The number of methoxy groups -OCH3 is 1. The topological polar surface area (TPSA) is 21.3 Å². The van der Waals surface area contributed by atoms with Crippen molar-refractivity contribution in [1.29, 1.82) is 0 Å². The molecule has 124 valence electrons. The minimum absolute atomic E-state index is 0. The van der Waals surface area contributed by atoms with Gasteiger partial charge in [0.1, 0.15) is 5.60 Å². The van der Waals surface area contributed by atoms with Gasteiger partial charge in [0.2, 0.25) is 0 Å². The molecule has 1 saturated carbocycles. The van der Waals surface area contributed by atoms with Crippen LogP contribution in [0.3, 0.4) is 0 Å². The summed E-state index contributed by atoms with van der Waals surface area (Å²) >= 11 is 0. The molecular formula is C20H26ClNO. The second kappa shape index (κ2) is 8.49. The number of nitrogens with one attached hydrogen (secondary N) is 1. The van der Waals surface area contributed by atoms with Crippen molar-refractivity contribution in [1.82, 2.24) is 5.32 Å². The van der Waals surface area contributed by atoms with Crippen LogP contribution in [0.1, 0.15) is 30.4 Å². The van der Waals surface area contributed by atoms with Gasteiger partial charge in [-0.1, -0.05) is 60.7 Å². The van der Waals surface area contributed by atoms with E-state index in [0.29, 0.717) is 0 Å². The summed E-state index contributed by atoms with van der Waals surface area (Å²) < 4.78 is 6.09. The van der Waals surface area contributed by atoms with Gasteiger partial charge in [0.25, 0.3) is 0 Å². The molecular weight excluding hydrogens is 306 g/mol. The molecule has 0 amide bonds. The van der Waals surface area contributed by atoms with E-state index in [1.54, 1.807) is 0 Å². The number of benzene rings is 2. The van der Waals surface area contributed by atoms with Crippen LogP contribution in [0.4, 0.5) is 0 Å². The lowest BCUT2D eigenvalue weighted by molar-refractivity contribution is 0.0147. The van der Waals surface area contributed by atoms with Crippen molar-refractivity contribution >= 4 is 12.4 Å². The summed E-state index contributed by atoms with van der Waals surface area (Å²) in [5.74, 6) is 0.908. The van der Waals surface area contributed by atoms with Crippen molar-refractivity contribution in [2.24, 2.45) is 5.92 Å². The molecule has 3 rings (SSSR count). The van der Waals surface area contributed by atoms with Crippen molar-refractivity contribution in [2.45, 2.75) is 24.9 Å².